The average molecular weight is 356 g/mol. The van der Waals surface area contributed by atoms with Crippen molar-refractivity contribution in [2.75, 3.05) is 13.1 Å². The molecule has 1 fully saturated rings. The minimum atomic E-state index is -0.0586. The lowest BCUT2D eigenvalue weighted by molar-refractivity contribution is 0.183. The van der Waals surface area contributed by atoms with Gasteiger partial charge < -0.3 is 5.32 Å². The molecule has 0 spiro atoms. The minimum absolute atomic E-state index is 0.0586. The smallest absolute Gasteiger partial charge is 0.126 e. The first-order chi connectivity index (χ1) is 10.1. The van der Waals surface area contributed by atoms with Gasteiger partial charge in [0.15, 0.2) is 0 Å². The summed E-state index contributed by atoms with van der Waals surface area (Å²) in [6.45, 7) is 6.70. The second-order valence-electron chi connectivity index (χ2n) is 6.58. The van der Waals surface area contributed by atoms with Gasteiger partial charge in [0.2, 0.25) is 0 Å². The van der Waals surface area contributed by atoms with Gasteiger partial charge in [-0.2, -0.15) is 0 Å². The lowest BCUT2D eigenvalue weighted by atomic mass is 9.72. The third-order valence-electron chi connectivity index (χ3n) is 4.73. The van der Waals surface area contributed by atoms with E-state index in [1.807, 2.05) is 6.07 Å². The van der Waals surface area contributed by atoms with Gasteiger partial charge >= 0.3 is 0 Å². The van der Waals surface area contributed by atoms with E-state index < -0.39 is 0 Å². The van der Waals surface area contributed by atoms with Gasteiger partial charge in [-0.15, -0.1) is 0 Å². The standard InChI is InChI=1S/C18H27BrFN/c1-3-8-21-12-14-5-4-13(2)9-15(14)10-16-11-17(19)6-7-18(16)20/h6-7,11,13-15,21H,3-5,8-10,12H2,1-2H3. The van der Waals surface area contributed by atoms with Crippen LogP contribution in [-0.2, 0) is 6.42 Å². The maximum Gasteiger partial charge on any atom is 0.126 e. The Balaban J connectivity index is 2.03. The lowest BCUT2D eigenvalue weighted by Crippen LogP contribution is -2.34. The van der Waals surface area contributed by atoms with Gasteiger partial charge in [0.25, 0.3) is 0 Å². The van der Waals surface area contributed by atoms with Crippen LogP contribution in [0.2, 0.25) is 0 Å². The summed E-state index contributed by atoms with van der Waals surface area (Å²) in [5.74, 6) is 2.00. The van der Waals surface area contributed by atoms with Crippen molar-refractivity contribution in [3.63, 3.8) is 0 Å². The molecule has 0 radical (unpaired) electrons. The predicted octanol–water partition coefficient (Wildman–Crippen LogP) is 5.18. The van der Waals surface area contributed by atoms with Crippen molar-refractivity contribution in [1.29, 1.82) is 0 Å². The molecule has 0 aromatic heterocycles. The molecule has 0 aliphatic heterocycles. The zero-order chi connectivity index (χ0) is 15.2. The Labute approximate surface area is 136 Å². The van der Waals surface area contributed by atoms with E-state index in [-0.39, 0.29) is 5.82 Å². The van der Waals surface area contributed by atoms with Crippen LogP contribution in [0.25, 0.3) is 0 Å². The summed E-state index contributed by atoms with van der Waals surface area (Å²) >= 11 is 3.46. The van der Waals surface area contributed by atoms with E-state index in [0.717, 1.165) is 35.5 Å². The Morgan fingerprint density at radius 3 is 2.86 bits per heavy atom. The van der Waals surface area contributed by atoms with Gasteiger partial charge in [0.1, 0.15) is 5.82 Å². The summed E-state index contributed by atoms with van der Waals surface area (Å²) in [6.07, 6.45) is 5.86. The van der Waals surface area contributed by atoms with Crippen LogP contribution >= 0.6 is 15.9 Å². The van der Waals surface area contributed by atoms with Crippen molar-refractivity contribution in [2.45, 2.75) is 46.0 Å². The fourth-order valence-electron chi connectivity index (χ4n) is 3.53. The van der Waals surface area contributed by atoms with Crippen LogP contribution < -0.4 is 5.32 Å². The molecule has 0 saturated heterocycles. The Morgan fingerprint density at radius 1 is 1.29 bits per heavy atom. The van der Waals surface area contributed by atoms with Crippen molar-refractivity contribution < 1.29 is 4.39 Å². The summed E-state index contributed by atoms with van der Waals surface area (Å²) in [5, 5.41) is 3.56. The van der Waals surface area contributed by atoms with Crippen LogP contribution in [0, 0.1) is 23.6 Å². The summed E-state index contributed by atoms with van der Waals surface area (Å²) in [6, 6.07) is 5.31. The largest absolute Gasteiger partial charge is 0.316 e. The number of halogens is 2. The van der Waals surface area contributed by atoms with E-state index in [9.17, 15) is 4.39 Å². The molecule has 0 bridgehead atoms. The number of hydrogen-bond donors (Lipinski definition) is 1. The molecule has 118 valence electrons. The SMILES string of the molecule is CCCNCC1CCC(C)CC1Cc1cc(Br)ccc1F. The van der Waals surface area contributed by atoms with Crippen LogP contribution in [0.3, 0.4) is 0 Å². The van der Waals surface area contributed by atoms with Gasteiger partial charge in [-0.1, -0.05) is 36.2 Å². The van der Waals surface area contributed by atoms with Gasteiger partial charge in [-0.25, -0.2) is 4.39 Å². The molecular formula is C18H27BrFN. The molecule has 1 saturated carbocycles. The maximum atomic E-state index is 14.0. The molecule has 1 aromatic carbocycles. The van der Waals surface area contributed by atoms with E-state index in [2.05, 4.69) is 35.1 Å². The van der Waals surface area contributed by atoms with Crippen LogP contribution in [0.15, 0.2) is 22.7 Å². The molecule has 1 nitrogen and oxygen atoms in total. The number of rotatable bonds is 6. The molecule has 3 atom stereocenters. The normalized spacial score (nSPS) is 26.0. The van der Waals surface area contributed by atoms with Gasteiger partial charge in [0, 0.05) is 4.47 Å². The van der Waals surface area contributed by atoms with Crippen molar-refractivity contribution in [2.24, 2.45) is 17.8 Å². The quantitative estimate of drug-likeness (QED) is 0.693. The molecule has 21 heavy (non-hydrogen) atoms. The molecule has 3 unspecified atom stereocenters. The molecule has 0 amide bonds. The van der Waals surface area contributed by atoms with Crippen molar-refractivity contribution in [3.8, 4) is 0 Å². The fourth-order valence-corrected chi connectivity index (χ4v) is 3.94. The summed E-state index contributed by atoms with van der Waals surface area (Å²) in [7, 11) is 0. The molecule has 1 aromatic rings. The highest BCUT2D eigenvalue weighted by atomic mass is 79.9. The fraction of sp³-hybridized carbons (Fsp3) is 0.667. The molecule has 2 rings (SSSR count). The molecule has 3 heteroatoms. The molecule has 0 heterocycles. The van der Waals surface area contributed by atoms with Crippen molar-refractivity contribution in [1.82, 2.24) is 5.32 Å². The maximum absolute atomic E-state index is 14.0. The van der Waals surface area contributed by atoms with E-state index in [0.29, 0.717) is 11.8 Å². The Morgan fingerprint density at radius 2 is 2.10 bits per heavy atom. The van der Waals surface area contributed by atoms with E-state index in [1.54, 1.807) is 12.1 Å². The highest BCUT2D eigenvalue weighted by molar-refractivity contribution is 9.10. The summed E-state index contributed by atoms with van der Waals surface area (Å²) in [4.78, 5) is 0. The van der Waals surface area contributed by atoms with Crippen LogP contribution in [0.4, 0.5) is 4.39 Å². The van der Waals surface area contributed by atoms with Crippen molar-refractivity contribution in [3.05, 3.63) is 34.1 Å². The van der Waals surface area contributed by atoms with E-state index >= 15 is 0 Å². The predicted molar refractivity (Wildman–Crippen MR) is 91.0 cm³/mol. The number of hydrogen-bond acceptors (Lipinski definition) is 1. The Hall–Kier alpha value is -0.410. The number of nitrogens with one attached hydrogen (secondary N) is 1. The molecule has 1 aliphatic carbocycles. The topological polar surface area (TPSA) is 12.0 Å². The molecule has 1 aliphatic rings. The van der Waals surface area contributed by atoms with Gasteiger partial charge in [0.05, 0.1) is 0 Å². The van der Waals surface area contributed by atoms with Crippen molar-refractivity contribution >= 4 is 15.9 Å². The summed E-state index contributed by atoms with van der Waals surface area (Å²) < 4.78 is 15.0. The first kappa shape index (κ1) is 17.0. The minimum Gasteiger partial charge on any atom is -0.316 e. The monoisotopic (exact) mass is 355 g/mol. The summed E-state index contributed by atoms with van der Waals surface area (Å²) in [5.41, 5.74) is 0.865. The third-order valence-corrected chi connectivity index (χ3v) is 5.22. The molecule has 1 N–H and O–H groups in total. The highest BCUT2D eigenvalue weighted by Gasteiger charge is 2.29. The Bertz CT molecular complexity index is 449. The second kappa shape index (κ2) is 8.28. The second-order valence-corrected chi connectivity index (χ2v) is 7.50. The zero-order valence-corrected chi connectivity index (χ0v) is 14.8. The van der Waals surface area contributed by atoms with Crippen LogP contribution in [-0.4, -0.2) is 13.1 Å². The highest BCUT2D eigenvalue weighted by Crippen LogP contribution is 2.36. The van der Waals surface area contributed by atoms with Gasteiger partial charge in [-0.3, -0.25) is 0 Å². The van der Waals surface area contributed by atoms with E-state index in [4.69, 9.17) is 0 Å². The average Bonchev–Trinajstić information content (AvgIpc) is 2.45. The third kappa shape index (κ3) is 5.07. The van der Waals surface area contributed by atoms with E-state index in [1.165, 1.54) is 25.7 Å². The van der Waals surface area contributed by atoms with Crippen LogP contribution in [0.1, 0.15) is 45.1 Å². The van der Waals surface area contributed by atoms with Gasteiger partial charge in [-0.05, 0) is 80.3 Å². The Kier molecular flexibility index (Phi) is 6.69. The first-order valence-electron chi connectivity index (χ1n) is 8.24. The number of benzene rings is 1. The lowest BCUT2D eigenvalue weighted by Gasteiger charge is -2.35. The molecular weight excluding hydrogens is 329 g/mol. The van der Waals surface area contributed by atoms with Crippen LogP contribution in [0.5, 0.6) is 0 Å². The first-order valence-corrected chi connectivity index (χ1v) is 9.04. The zero-order valence-electron chi connectivity index (χ0n) is 13.2.